The Morgan fingerprint density at radius 1 is 1.19 bits per heavy atom. The highest BCUT2D eigenvalue weighted by atomic mass is 79.9. The van der Waals surface area contributed by atoms with Crippen LogP contribution >= 0.6 is 31.9 Å². The van der Waals surface area contributed by atoms with Gasteiger partial charge in [0.2, 0.25) is 0 Å². The second kappa shape index (κ2) is 6.75. The predicted octanol–water partition coefficient (Wildman–Crippen LogP) is 4.80. The number of rotatable bonds is 4. The van der Waals surface area contributed by atoms with Crippen LogP contribution in [0.3, 0.4) is 0 Å². The summed E-state index contributed by atoms with van der Waals surface area (Å²) in [6.07, 6.45) is 0. The fraction of sp³-hybridized carbons (Fsp3) is 0.235. The molecule has 0 fully saturated rings. The van der Waals surface area contributed by atoms with Crippen LogP contribution in [0.4, 0.5) is 0 Å². The number of amides is 1. The van der Waals surface area contributed by atoms with E-state index < -0.39 is 5.54 Å². The van der Waals surface area contributed by atoms with Crippen molar-refractivity contribution < 1.29 is 4.79 Å². The summed E-state index contributed by atoms with van der Waals surface area (Å²) >= 11 is 6.98. The molecule has 1 unspecified atom stereocenters. The highest BCUT2D eigenvalue weighted by Crippen LogP contribution is 2.24. The zero-order valence-corrected chi connectivity index (χ0v) is 15.2. The summed E-state index contributed by atoms with van der Waals surface area (Å²) in [6, 6.07) is 15.6. The van der Waals surface area contributed by atoms with E-state index in [9.17, 15) is 4.79 Å². The lowest BCUT2D eigenvalue weighted by atomic mass is 9.94. The molecular weight excluding hydrogens is 394 g/mol. The molecule has 1 N–H and O–H groups in total. The molecule has 1 amide bonds. The molecular formula is C17H17Br2NO. The van der Waals surface area contributed by atoms with Gasteiger partial charge in [-0.15, -0.1) is 0 Å². The Bertz CT molecular complexity index is 642. The van der Waals surface area contributed by atoms with Gasteiger partial charge in [0.05, 0.1) is 5.54 Å². The third-order valence-electron chi connectivity index (χ3n) is 3.50. The Hall–Kier alpha value is -1.13. The third-order valence-corrected chi connectivity index (χ3v) is 5.48. The molecule has 0 bridgehead atoms. The van der Waals surface area contributed by atoms with Gasteiger partial charge >= 0.3 is 0 Å². The summed E-state index contributed by atoms with van der Waals surface area (Å²) < 4.78 is 0.940. The van der Waals surface area contributed by atoms with E-state index in [1.165, 1.54) is 0 Å². The number of alkyl halides is 1. The molecule has 0 aliphatic rings. The molecule has 0 saturated carbocycles. The molecule has 1 atom stereocenters. The molecule has 2 aromatic rings. The average molecular weight is 411 g/mol. The summed E-state index contributed by atoms with van der Waals surface area (Å²) in [7, 11) is 0. The van der Waals surface area contributed by atoms with Crippen LogP contribution in [0.1, 0.15) is 28.4 Å². The van der Waals surface area contributed by atoms with Gasteiger partial charge in [0.1, 0.15) is 0 Å². The quantitative estimate of drug-likeness (QED) is 0.720. The molecule has 4 heteroatoms. The lowest BCUT2D eigenvalue weighted by Gasteiger charge is -2.29. The molecule has 0 aliphatic carbocycles. The van der Waals surface area contributed by atoms with Gasteiger partial charge < -0.3 is 5.32 Å². The number of halogens is 2. The van der Waals surface area contributed by atoms with Gasteiger partial charge in [0.15, 0.2) is 0 Å². The standard InChI is InChI=1S/C17H17Br2NO/c1-12-8-9-13(10-15(12)19)16(21)20-17(2,11-18)14-6-4-3-5-7-14/h3-10H,11H2,1-2H3,(H,20,21). The van der Waals surface area contributed by atoms with E-state index >= 15 is 0 Å². The minimum Gasteiger partial charge on any atom is -0.342 e. The monoisotopic (exact) mass is 409 g/mol. The Morgan fingerprint density at radius 2 is 1.86 bits per heavy atom. The predicted molar refractivity (Wildman–Crippen MR) is 93.9 cm³/mol. The zero-order chi connectivity index (χ0) is 15.5. The van der Waals surface area contributed by atoms with E-state index in [1.807, 2.05) is 62.4 Å². The largest absolute Gasteiger partial charge is 0.342 e. The van der Waals surface area contributed by atoms with Crippen molar-refractivity contribution in [2.75, 3.05) is 5.33 Å². The van der Waals surface area contributed by atoms with Crippen molar-refractivity contribution in [1.29, 1.82) is 0 Å². The molecule has 0 aromatic heterocycles. The van der Waals surface area contributed by atoms with E-state index in [1.54, 1.807) is 0 Å². The van der Waals surface area contributed by atoms with Crippen molar-refractivity contribution in [2.24, 2.45) is 0 Å². The Balaban J connectivity index is 2.26. The Labute approximate surface area is 142 Å². The van der Waals surface area contributed by atoms with Crippen molar-refractivity contribution in [3.05, 3.63) is 69.7 Å². The first-order valence-electron chi connectivity index (χ1n) is 6.66. The van der Waals surface area contributed by atoms with Crippen molar-refractivity contribution in [3.63, 3.8) is 0 Å². The van der Waals surface area contributed by atoms with Crippen LogP contribution in [0.25, 0.3) is 0 Å². The Morgan fingerprint density at radius 3 is 2.43 bits per heavy atom. The molecule has 0 saturated heterocycles. The molecule has 2 rings (SSSR count). The number of aryl methyl sites for hydroxylation is 1. The van der Waals surface area contributed by atoms with Gasteiger partial charge in [-0.2, -0.15) is 0 Å². The summed E-state index contributed by atoms with van der Waals surface area (Å²) in [4.78, 5) is 12.5. The summed E-state index contributed by atoms with van der Waals surface area (Å²) in [6.45, 7) is 4.01. The zero-order valence-electron chi connectivity index (χ0n) is 12.0. The van der Waals surface area contributed by atoms with Crippen LogP contribution < -0.4 is 5.32 Å². The van der Waals surface area contributed by atoms with Crippen molar-refractivity contribution >= 4 is 37.8 Å². The van der Waals surface area contributed by atoms with E-state index in [2.05, 4.69) is 37.2 Å². The second-order valence-electron chi connectivity index (χ2n) is 5.25. The maximum Gasteiger partial charge on any atom is 0.252 e. The number of carbonyl (C=O) groups excluding carboxylic acids is 1. The first-order valence-corrected chi connectivity index (χ1v) is 8.58. The van der Waals surface area contributed by atoms with Gasteiger partial charge in [-0.05, 0) is 37.1 Å². The van der Waals surface area contributed by atoms with Gasteiger partial charge in [0, 0.05) is 15.4 Å². The first kappa shape index (κ1) is 16.2. The highest BCUT2D eigenvalue weighted by Gasteiger charge is 2.27. The normalized spacial score (nSPS) is 13.5. The SMILES string of the molecule is Cc1ccc(C(=O)NC(C)(CBr)c2ccccc2)cc1Br. The van der Waals surface area contributed by atoms with Crippen LogP contribution in [0.5, 0.6) is 0 Å². The molecule has 0 spiro atoms. The van der Waals surface area contributed by atoms with Crippen LogP contribution in [0, 0.1) is 6.92 Å². The van der Waals surface area contributed by atoms with E-state index in [0.717, 1.165) is 15.6 Å². The van der Waals surface area contributed by atoms with Gasteiger partial charge in [0.25, 0.3) is 5.91 Å². The molecule has 21 heavy (non-hydrogen) atoms. The van der Waals surface area contributed by atoms with E-state index in [0.29, 0.717) is 10.9 Å². The van der Waals surface area contributed by atoms with Gasteiger partial charge in [-0.3, -0.25) is 4.79 Å². The average Bonchev–Trinajstić information content (AvgIpc) is 2.50. The summed E-state index contributed by atoms with van der Waals surface area (Å²) in [5.74, 6) is -0.0819. The number of benzene rings is 2. The minimum absolute atomic E-state index is 0.0819. The van der Waals surface area contributed by atoms with Crippen molar-refractivity contribution in [2.45, 2.75) is 19.4 Å². The van der Waals surface area contributed by atoms with Gasteiger partial charge in [-0.25, -0.2) is 0 Å². The third kappa shape index (κ3) is 3.74. The van der Waals surface area contributed by atoms with E-state index in [-0.39, 0.29) is 5.91 Å². The fourth-order valence-corrected chi connectivity index (χ4v) is 2.89. The molecule has 2 aromatic carbocycles. The summed E-state index contributed by atoms with van der Waals surface area (Å²) in [5.41, 5.74) is 2.38. The number of carbonyl (C=O) groups is 1. The maximum absolute atomic E-state index is 12.5. The first-order chi connectivity index (χ1) is 9.96. The number of hydrogen-bond acceptors (Lipinski definition) is 1. The molecule has 110 valence electrons. The minimum atomic E-state index is -0.449. The lowest BCUT2D eigenvalue weighted by Crippen LogP contribution is -2.44. The molecule has 0 radical (unpaired) electrons. The van der Waals surface area contributed by atoms with Crippen molar-refractivity contribution in [1.82, 2.24) is 5.32 Å². The highest BCUT2D eigenvalue weighted by molar-refractivity contribution is 9.10. The summed E-state index contributed by atoms with van der Waals surface area (Å²) in [5, 5.41) is 3.76. The smallest absolute Gasteiger partial charge is 0.252 e. The lowest BCUT2D eigenvalue weighted by molar-refractivity contribution is 0.0914. The van der Waals surface area contributed by atoms with Crippen LogP contribution in [0.15, 0.2) is 53.0 Å². The molecule has 2 nitrogen and oxygen atoms in total. The van der Waals surface area contributed by atoms with Crippen LogP contribution in [-0.2, 0) is 5.54 Å². The maximum atomic E-state index is 12.5. The van der Waals surface area contributed by atoms with Gasteiger partial charge in [-0.1, -0.05) is 68.3 Å². The topological polar surface area (TPSA) is 29.1 Å². The number of hydrogen-bond donors (Lipinski definition) is 1. The second-order valence-corrected chi connectivity index (χ2v) is 6.66. The fourth-order valence-electron chi connectivity index (χ4n) is 2.05. The molecule has 0 aliphatic heterocycles. The van der Waals surface area contributed by atoms with E-state index in [4.69, 9.17) is 0 Å². The Kier molecular flexibility index (Phi) is 5.22. The van der Waals surface area contributed by atoms with Crippen LogP contribution in [0.2, 0.25) is 0 Å². The van der Waals surface area contributed by atoms with Crippen molar-refractivity contribution in [3.8, 4) is 0 Å². The number of nitrogens with one attached hydrogen (secondary N) is 1. The molecule has 0 heterocycles. The van der Waals surface area contributed by atoms with Crippen LogP contribution in [-0.4, -0.2) is 11.2 Å².